The summed E-state index contributed by atoms with van der Waals surface area (Å²) in [5.74, 6) is -1.90. The maximum absolute atomic E-state index is 11.0. The summed E-state index contributed by atoms with van der Waals surface area (Å²) in [7, 11) is 0. The number of rotatable bonds is 4. The lowest BCUT2D eigenvalue weighted by Crippen LogP contribution is -2.11. The molecule has 0 amide bonds. The lowest BCUT2D eigenvalue weighted by atomic mass is 10.0. The van der Waals surface area contributed by atoms with Gasteiger partial charge < -0.3 is 9.40 Å². The van der Waals surface area contributed by atoms with E-state index in [-0.39, 0.29) is 17.6 Å². The fourth-order valence-corrected chi connectivity index (χ4v) is 1.11. The highest BCUT2D eigenvalue weighted by Crippen LogP contribution is 2.15. The van der Waals surface area contributed by atoms with Gasteiger partial charge in [0.15, 0.2) is 0 Å². The molecule has 0 unspecified atom stereocenters. The highest BCUT2D eigenvalue weighted by atomic mass is 35.5. The van der Waals surface area contributed by atoms with Crippen molar-refractivity contribution >= 4 is 23.8 Å². The number of carbonyl (C=O) groups excluding carboxylic acids is 1. The van der Waals surface area contributed by atoms with Gasteiger partial charge in [-0.3, -0.25) is 0 Å². The molecule has 1 N–H and O–H groups in total. The third-order valence-electron chi connectivity index (χ3n) is 1.65. The van der Waals surface area contributed by atoms with Gasteiger partial charge >= 0.3 is 11.9 Å². The Morgan fingerprint density at radius 2 is 1.69 bits per heavy atom. The first-order valence-corrected chi connectivity index (χ1v) is 4.17. The second kappa shape index (κ2) is 5.59. The van der Waals surface area contributed by atoms with Gasteiger partial charge in [0.1, 0.15) is 11.9 Å². The van der Waals surface area contributed by atoms with E-state index in [1.807, 2.05) is 0 Å². The molecule has 0 bridgehead atoms. The van der Waals surface area contributed by atoms with Crippen molar-refractivity contribution in [2.45, 2.75) is 26.7 Å². The lowest BCUT2D eigenvalue weighted by molar-refractivity contribution is -0.134. The third-order valence-corrected chi connectivity index (χ3v) is 1.79. The third kappa shape index (κ3) is 3.06. The summed E-state index contributed by atoms with van der Waals surface area (Å²) < 4.78 is 3.95. The maximum atomic E-state index is 11.0. The highest BCUT2D eigenvalue weighted by Gasteiger charge is 2.18. The van der Waals surface area contributed by atoms with Crippen LogP contribution in [0.3, 0.4) is 0 Å². The fourth-order valence-electron chi connectivity index (χ4n) is 1.02. The Kier molecular flexibility index (Phi) is 5.14. The summed E-state index contributed by atoms with van der Waals surface area (Å²) in [6.45, 7) is 3.32. The average Bonchev–Trinajstić information content (AvgIpc) is 2.12. The zero-order valence-corrected chi connectivity index (χ0v) is 8.22. The van der Waals surface area contributed by atoms with Crippen LogP contribution in [0.1, 0.15) is 26.7 Å². The molecule has 0 saturated carbocycles. The van der Waals surface area contributed by atoms with Crippen molar-refractivity contribution in [3.05, 3.63) is 11.1 Å². The molecule has 0 radical (unpaired) electrons. The summed E-state index contributed by atoms with van der Waals surface area (Å²) in [5, 5.41) is 8.71. The quantitative estimate of drug-likeness (QED) is 0.714. The Balaban J connectivity index is 5.05. The first kappa shape index (κ1) is 12.0. The van der Waals surface area contributed by atoms with E-state index in [4.69, 9.17) is 17.0 Å². The molecule has 13 heavy (non-hydrogen) atoms. The second-order valence-electron chi connectivity index (χ2n) is 2.33. The van der Waals surface area contributed by atoms with E-state index in [2.05, 4.69) is 4.29 Å². The molecular weight excluding hydrogens is 196 g/mol. The molecule has 0 fully saturated rings. The van der Waals surface area contributed by atoms with Crippen LogP contribution in [0, 0.1) is 0 Å². The number of carboxylic acids is 1. The van der Waals surface area contributed by atoms with Crippen LogP contribution in [0.25, 0.3) is 0 Å². The molecule has 0 aliphatic rings. The fraction of sp³-hybridized carbons (Fsp3) is 0.500. The molecule has 0 aliphatic heterocycles. The molecule has 0 rings (SSSR count). The normalized spacial score (nSPS) is 11.9. The number of hydrogen-bond donors (Lipinski definition) is 1. The summed E-state index contributed by atoms with van der Waals surface area (Å²) in [6.07, 6.45) is 0.561. The minimum absolute atomic E-state index is 0.0492. The van der Waals surface area contributed by atoms with Gasteiger partial charge in [-0.1, -0.05) is 13.8 Å². The molecule has 4 nitrogen and oxygen atoms in total. The van der Waals surface area contributed by atoms with Crippen LogP contribution in [0.15, 0.2) is 11.1 Å². The SMILES string of the molecule is CCC(C(=O)O)=C(CC)C(=O)OCl. The molecule has 0 spiro atoms. The van der Waals surface area contributed by atoms with Crippen molar-refractivity contribution in [3.8, 4) is 0 Å². The van der Waals surface area contributed by atoms with Gasteiger partial charge in [-0.25, -0.2) is 9.59 Å². The monoisotopic (exact) mass is 206 g/mol. The molecular formula is C8H11ClO4. The number of carboxylic acid groups (broad SMARTS) is 1. The van der Waals surface area contributed by atoms with Gasteiger partial charge in [0, 0.05) is 11.1 Å². The van der Waals surface area contributed by atoms with E-state index in [9.17, 15) is 9.59 Å². The Morgan fingerprint density at radius 3 is 1.92 bits per heavy atom. The van der Waals surface area contributed by atoms with Crippen LogP contribution >= 0.6 is 11.9 Å². The Hall–Kier alpha value is -1.03. The molecule has 0 aromatic heterocycles. The molecule has 0 saturated heterocycles. The highest BCUT2D eigenvalue weighted by molar-refractivity contribution is 6.16. The molecule has 0 atom stereocenters. The summed E-state index contributed by atoms with van der Waals surface area (Å²) in [5.41, 5.74) is 0.165. The maximum Gasteiger partial charge on any atom is 0.352 e. The van der Waals surface area contributed by atoms with Crippen molar-refractivity contribution in [1.29, 1.82) is 0 Å². The van der Waals surface area contributed by atoms with Gasteiger partial charge in [-0.15, -0.1) is 0 Å². The number of carbonyl (C=O) groups is 2. The number of halogens is 1. The van der Waals surface area contributed by atoms with Crippen LogP contribution < -0.4 is 0 Å². The smallest absolute Gasteiger partial charge is 0.352 e. The average molecular weight is 207 g/mol. The first-order chi connectivity index (χ1) is 6.08. The van der Waals surface area contributed by atoms with Crippen molar-refractivity contribution in [2.75, 3.05) is 0 Å². The van der Waals surface area contributed by atoms with E-state index in [1.54, 1.807) is 13.8 Å². The van der Waals surface area contributed by atoms with Gasteiger partial charge in [-0.2, -0.15) is 0 Å². The number of hydrogen-bond acceptors (Lipinski definition) is 3. The van der Waals surface area contributed by atoms with E-state index in [1.165, 1.54) is 0 Å². The summed E-state index contributed by atoms with van der Waals surface area (Å²) >= 11 is 4.85. The Morgan fingerprint density at radius 1 is 1.23 bits per heavy atom. The molecule has 0 aliphatic carbocycles. The zero-order chi connectivity index (χ0) is 10.4. The van der Waals surface area contributed by atoms with Gasteiger partial charge in [0.25, 0.3) is 0 Å². The Labute approximate surface area is 81.3 Å². The minimum atomic E-state index is -1.11. The van der Waals surface area contributed by atoms with Gasteiger partial charge in [0.2, 0.25) is 0 Å². The second-order valence-corrected chi connectivity index (χ2v) is 2.49. The van der Waals surface area contributed by atoms with Crippen molar-refractivity contribution < 1.29 is 19.0 Å². The summed E-state index contributed by atoms with van der Waals surface area (Å²) in [4.78, 5) is 21.6. The number of aliphatic carboxylic acids is 1. The Bertz CT molecular complexity index is 245. The molecule has 0 aromatic rings. The van der Waals surface area contributed by atoms with Crippen LogP contribution in [0.2, 0.25) is 0 Å². The van der Waals surface area contributed by atoms with Gasteiger partial charge in [-0.05, 0) is 12.8 Å². The van der Waals surface area contributed by atoms with E-state index >= 15 is 0 Å². The van der Waals surface area contributed by atoms with E-state index < -0.39 is 11.9 Å². The van der Waals surface area contributed by atoms with E-state index in [0.717, 1.165) is 0 Å². The molecule has 0 aromatic carbocycles. The predicted octanol–water partition coefficient (Wildman–Crippen LogP) is 1.88. The summed E-state index contributed by atoms with van der Waals surface area (Å²) in [6, 6.07) is 0. The minimum Gasteiger partial charge on any atom is -0.478 e. The van der Waals surface area contributed by atoms with Crippen LogP contribution in [0.5, 0.6) is 0 Å². The standard InChI is InChI=1S/C8H11ClO4/c1-3-5(7(10)11)6(4-2)8(12)13-9/h3-4H2,1-2H3,(H,10,11). The predicted molar refractivity (Wildman–Crippen MR) is 47.2 cm³/mol. The van der Waals surface area contributed by atoms with Crippen molar-refractivity contribution in [3.63, 3.8) is 0 Å². The van der Waals surface area contributed by atoms with E-state index in [0.29, 0.717) is 6.42 Å². The van der Waals surface area contributed by atoms with Crippen LogP contribution in [0.4, 0.5) is 0 Å². The van der Waals surface area contributed by atoms with Crippen molar-refractivity contribution in [2.24, 2.45) is 0 Å². The molecule has 5 heteroatoms. The largest absolute Gasteiger partial charge is 0.478 e. The molecule has 0 heterocycles. The first-order valence-electron chi connectivity index (χ1n) is 3.86. The zero-order valence-electron chi connectivity index (χ0n) is 7.46. The van der Waals surface area contributed by atoms with Crippen LogP contribution in [-0.4, -0.2) is 17.0 Å². The molecule has 74 valence electrons. The lowest BCUT2D eigenvalue weighted by Gasteiger charge is -2.04. The van der Waals surface area contributed by atoms with Crippen LogP contribution in [-0.2, 0) is 13.9 Å². The van der Waals surface area contributed by atoms with Crippen molar-refractivity contribution in [1.82, 2.24) is 0 Å². The topological polar surface area (TPSA) is 63.6 Å². The van der Waals surface area contributed by atoms with Gasteiger partial charge in [0.05, 0.1) is 0 Å².